The van der Waals surface area contributed by atoms with Crippen molar-refractivity contribution in [2.24, 2.45) is 0 Å². The molecule has 12 heteroatoms. The number of carbonyl (C=O) groups excluding carboxylic acids is 1. The Morgan fingerprint density at radius 3 is 2.03 bits per heavy atom. The SMILES string of the molecule is CCOP(=O)(CC(=O)[C@H](OC(C)(C)OC)[C@@H](OC(C)(C)OC)[C@@H]1OC(C)(C)OC[C@H]1O)OCC. The van der Waals surface area contributed by atoms with Gasteiger partial charge in [-0.05, 0) is 55.4 Å². The van der Waals surface area contributed by atoms with Crippen molar-refractivity contribution in [2.75, 3.05) is 40.2 Å². The van der Waals surface area contributed by atoms with Crippen LogP contribution in [0.25, 0.3) is 0 Å². The Kier molecular flexibility index (Phi) is 11.8. The second-order valence-corrected chi connectivity index (χ2v) is 11.3. The minimum absolute atomic E-state index is 0.0596. The van der Waals surface area contributed by atoms with E-state index in [0.717, 1.165) is 0 Å². The van der Waals surface area contributed by atoms with E-state index >= 15 is 0 Å². The van der Waals surface area contributed by atoms with Gasteiger partial charge in [-0.3, -0.25) is 9.36 Å². The first-order valence-electron chi connectivity index (χ1n) is 11.4. The van der Waals surface area contributed by atoms with E-state index in [2.05, 4.69) is 0 Å². The number of ether oxygens (including phenoxy) is 6. The zero-order valence-electron chi connectivity index (χ0n) is 22.1. The standard InChI is InChI=1S/C22H43O11P/c1-11-29-34(25,30-12-2)14-16(24)18(31-20(3,4)26-9)19(33-21(5,6)27-10)17-15(23)13-28-22(7,8)32-17/h15,17-19,23H,11-14H2,1-10H3/t15-,17-,18+,19+/m1/s1. The summed E-state index contributed by atoms with van der Waals surface area (Å²) >= 11 is 0. The molecule has 1 fully saturated rings. The van der Waals surface area contributed by atoms with Crippen LogP contribution in [0.2, 0.25) is 0 Å². The first-order valence-corrected chi connectivity index (χ1v) is 13.1. The number of Topliss-reactive ketones (excluding diaryl/α,β-unsaturated/α-hetero) is 1. The molecule has 202 valence electrons. The van der Waals surface area contributed by atoms with E-state index in [4.69, 9.17) is 37.5 Å². The number of hydrogen-bond donors (Lipinski definition) is 1. The van der Waals surface area contributed by atoms with E-state index < -0.39 is 61.3 Å². The fourth-order valence-electron chi connectivity index (χ4n) is 3.26. The highest BCUT2D eigenvalue weighted by atomic mass is 31.2. The first kappa shape index (κ1) is 31.6. The Bertz CT molecular complexity index is 684. The molecule has 1 heterocycles. The highest BCUT2D eigenvalue weighted by Gasteiger charge is 2.50. The minimum atomic E-state index is -3.77. The topological polar surface area (TPSA) is 128 Å². The molecule has 0 spiro atoms. The third kappa shape index (κ3) is 9.54. The Labute approximate surface area is 203 Å². The summed E-state index contributed by atoms with van der Waals surface area (Å²) in [6, 6.07) is 0. The van der Waals surface area contributed by atoms with E-state index in [1.54, 1.807) is 55.4 Å². The summed E-state index contributed by atoms with van der Waals surface area (Å²) in [5.74, 6) is -4.14. The summed E-state index contributed by atoms with van der Waals surface area (Å²) in [6.07, 6.45) is -5.38. The molecule has 0 unspecified atom stereocenters. The highest BCUT2D eigenvalue weighted by molar-refractivity contribution is 7.54. The number of methoxy groups -OCH3 is 2. The molecule has 0 aromatic rings. The maximum Gasteiger partial charge on any atom is 0.338 e. The second-order valence-electron chi connectivity index (χ2n) is 9.26. The normalized spacial score (nSPS) is 23.5. The van der Waals surface area contributed by atoms with Crippen molar-refractivity contribution in [1.29, 1.82) is 0 Å². The Balaban J connectivity index is 3.51. The average molecular weight is 515 g/mol. The van der Waals surface area contributed by atoms with Gasteiger partial charge in [-0.2, -0.15) is 0 Å². The first-order chi connectivity index (χ1) is 15.5. The molecule has 4 atom stereocenters. The van der Waals surface area contributed by atoms with Crippen molar-refractivity contribution in [3.05, 3.63) is 0 Å². The van der Waals surface area contributed by atoms with Gasteiger partial charge in [0.05, 0.1) is 19.8 Å². The van der Waals surface area contributed by atoms with Crippen LogP contribution in [-0.4, -0.2) is 92.9 Å². The van der Waals surface area contributed by atoms with E-state index in [1.807, 2.05) is 0 Å². The van der Waals surface area contributed by atoms with Gasteiger partial charge >= 0.3 is 7.60 Å². The van der Waals surface area contributed by atoms with Crippen molar-refractivity contribution in [3.8, 4) is 0 Å². The zero-order valence-corrected chi connectivity index (χ0v) is 23.0. The highest BCUT2D eigenvalue weighted by Crippen LogP contribution is 2.48. The van der Waals surface area contributed by atoms with Gasteiger partial charge in [0.15, 0.2) is 23.1 Å². The van der Waals surface area contributed by atoms with Gasteiger partial charge in [-0.15, -0.1) is 0 Å². The van der Waals surface area contributed by atoms with Crippen molar-refractivity contribution in [2.45, 2.75) is 97.2 Å². The van der Waals surface area contributed by atoms with E-state index in [9.17, 15) is 14.5 Å². The molecule has 1 aliphatic heterocycles. The van der Waals surface area contributed by atoms with Gasteiger partial charge in [-0.1, -0.05) is 0 Å². The van der Waals surface area contributed by atoms with E-state index in [0.29, 0.717) is 0 Å². The summed E-state index contributed by atoms with van der Waals surface area (Å²) in [5, 5.41) is 10.8. The molecule has 0 aromatic heterocycles. The largest absolute Gasteiger partial charge is 0.388 e. The summed E-state index contributed by atoms with van der Waals surface area (Å²) in [4.78, 5) is 13.6. The summed E-state index contributed by atoms with van der Waals surface area (Å²) in [5.41, 5.74) is 0. The monoisotopic (exact) mass is 514 g/mol. The van der Waals surface area contributed by atoms with Crippen molar-refractivity contribution >= 4 is 13.4 Å². The second kappa shape index (κ2) is 12.7. The fourth-order valence-corrected chi connectivity index (χ4v) is 4.86. The Morgan fingerprint density at radius 2 is 1.56 bits per heavy atom. The van der Waals surface area contributed by atoms with Crippen molar-refractivity contribution in [1.82, 2.24) is 0 Å². The number of hydrogen-bond acceptors (Lipinski definition) is 11. The maximum atomic E-state index is 13.6. The van der Waals surface area contributed by atoms with Crippen LogP contribution in [-0.2, 0) is 46.8 Å². The van der Waals surface area contributed by atoms with Gasteiger partial charge < -0.3 is 42.6 Å². The van der Waals surface area contributed by atoms with Gasteiger partial charge in [0.1, 0.15) is 30.6 Å². The van der Waals surface area contributed by atoms with Crippen LogP contribution in [0.4, 0.5) is 0 Å². The summed E-state index contributed by atoms with van der Waals surface area (Å²) in [6.45, 7) is 13.3. The predicted molar refractivity (Wildman–Crippen MR) is 124 cm³/mol. The van der Waals surface area contributed by atoms with Gasteiger partial charge in [-0.25, -0.2) is 0 Å². The molecular weight excluding hydrogens is 471 g/mol. The lowest BCUT2D eigenvalue weighted by molar-refractivity contribution is -0.355. The average Bonchev–Trinajstić information content (AvgIpc) is 2.72. The molecular formula is C22H43O11P. The van der Waals surface area contributed by atoms with E-state index in [1.165, 1.54) is 14.2 Å². The molecule has 0 aliphatic carbocycles. The molecule has 0 aromatic carbocycles. The number of aliphatic hydroxyl groups is 1. The molecule has 1 aliphatic rings. The molecule has 34 heavy (non-hydrogen) atoms. The third-order valence-corrected chi connectivity index (χ3v) is 7.16. The molecule has 0 radical (unpaired) electrons. The molecule has 1 rings (SSSR count). The lowest BCUT2D eigenvalue weighted by atomic mass is 9.98. The Morgan fingerprint density at radius 1 is 1.06 bits per heavy atom. The van der Waals surface area contributed by atoms with Crippen LogP contribution in [0, 0.1) is 0 Å². The third-order valence-electron chi connectivity index (χ3n) is 5.16. The van der Waals surface area contributed by atoms with E-state index in [-0.39, 0.29) is 19.8 Å². The smallest absolute Gasteiger partial charge is 0.338 e. The fraction of sp³-hybridized carbons (Fsp3) is 0.955. The van der Waals surface area contributed by atoms with Crippen LogP contribution in [0.5, 0.6) is 0 Å². The lowest BCUT2D eigenvalue weighted by Gasteiger charge is -2.46. The van der Waals surface area contributed by atoms with Gasteiger partial charge in [0.25, 0.3) is 0 Å². The van der Waals surface area contributed by atoms with Crippen molar-refractivity contribution in [3.63, 3.8) is 0 Å². The number of carbonyl (C=O) groups is 1. The van der Waals surface area contributed by atoms with Gasteiger partial charge in [0.2, 0.25) is 0 Å². The van der Waals surface area contributed by atoms with Crippen LogP contribution in [0.3, 0.4) is 0 Å². The van der Waals surface area contributed by atoms with Gasteiger partial charge in [0, 0.05) is 14.2 Å². The van der Waals surface area contributed by atoms with Crippen LogP contribution >= 0.6 is 7.60 Å². The molecule has 11 nitrogen and oxygen atoms in total. The predicted octanol–water partition coefficient (Wildman–Crippen LogP) is 2.87. The summed E-state index contributed by atoms with van der Waals surface area (Å²) in [7, 11) is -0.904. The lowest BCUT2D eigenvalue weighted by Crippen LogP contribution is -2.61. The number of aliphatic hydroxyl groups excluding tert-OH is 1. The molecule has 0 amide bonds. The molecule has 0 saturated carbocycles. The van der Waals surface area contributed by atoms with Crippen LogP contribution < -0.4 is 0 Å². The number of rotatable bonds is 15. The van der Waals surface area contributed by atoms with Crippen LogP contribution in [0.1, 0.15) is 55.4 Å². The van der Waals surface area contributed by atoms with Crippen LogP contribution in [0.15, 0.2) is 0 Å². The molecule has 0 bridgehead atoms. The zero-order chi connectivity index (χ0) is 26.4. The molecule has 1 saturated heterocycles. The number of ketones is 1. The minimum Gasteiger partial charge on any atom is -0.388 e. The quantitative estimate of drug-likeness (QED) is 0.256. The maximum absolute atomic E-state index is 13.6. The van der Waals surface area contributed by atoms with Crippen molar-refractivity contribution < 1.29 is 51.9 Å². The molecule has 1 N–H and O–H groups in total. The Hall–Kier alpha value is -0.460. The summed E-state index contributed by atoms with van der Waals surface area (Å²) < 4.78 is 58.3.